The van der Waals surface area contributed by atoms with E-state index >= 15 is 0 Å². The predicted molar refractivity (Wildman–Crippen MR) is 108 cm³/mol. The molecule has 128 valence electrons. The average molecular weight is 350 g/mol. The summed E-state index contributed by atoms with van der Waals surface area (Å²) in [6.07, 6.45) is 0. The molecule has 3 heteroatoms. The van der Waals surface area contributed by atoms with Crippen LogP contribution in [0.15, 0.2) is 84.9 Å². The molecule has 0 aliphatic heterocycles. The molecule has 0 radical (unpaired) electrons. The Morgan fingerprint density at radius 1 is 0.720 bits per heavy atom. The van der Waals surface area contributed by atoms with Crippen LogP contribution in [0, 0.1) is 0 Å². The summed E-state index contributed by atoms with van der Waals surface area (Å²) in [4.78, 5) is 12.2. The van der Waals surface area contributed by atoms with Crippen LogP contribution >= 0.6 is 7.92 Å². The minimum atomic E-state index is -0.806. The lowest BCUT2D eigenvalue weighted by Gasteiger charge is -2.21. The molecule has 0 aliphatic carbocycles. The lowest BCUT2D eigenvalue weighted by Crippen LogP contribution is -2.25. The first-order valence-electron chi connectivity index (χ1n) is 8.39. The summed E-state index contributed by atoms with van der Waals surface area (Å²) in [5.41, 5.74) is 0.633. The fourth-order valence-electron chi connectivity index (χ4n) is 2.53. The first-order chi connectivity index (χ1) is 12.3. The van der Waals surface area contributed by atoms with Gasteiger partial charge in [-0.3, -0.25) is 0 Å². The van der Waals surface area contributed by atoms with Crippen molar-refractivity contribution >= 4 is 29.8 Å². The van der Waals surface area contributed by atoms with E-state index in [0.717, 1.165) is 5.30 Å². The van der Waals surface area contributed by atoms with Crippen molar-refractivity contribution in [2.45, 2.75) is 13.8 Å². The van der Waals surface area contributed by atoms with Crippen LogP contribution in [0.25, 0.3) is 0 Å². The number of rotatable bonds is 4. The van der Waals surface area contributed by atoms with Crippen LogP contribution in [0.5, 0.6) is 0 Å². The van der Waals surface area contributed by atoms with Gasteiger partial charge < -0.3 is 4.74 Å². The maximum absolute atomic E-state index is 12.2. The van der Waals surface area contributed by atoms with Crippen LogP contribution in [-0.2, 0) is 4.74 Å². The summed E-state index contributed by atoms with van der Waals surface area (Å²) in [6.45, 7) is 4.00. The maximum Gasteiger partial charge on any atom is 0.338 e. The number of carbonyl (C=O) groups is 1. The lowest BCUT2D eigenvalue weighted by molar-refractivity contribution is 0.0602. The third-order valence-electron chi connectivity index (χ3n) is 3.58. The molecule has 0 heterocycles. The Labute approximate surface area is 151 Å². The molecular formula is C22H23O2P. The van der Waals surface area contributed by atoms with Crippen molar-refractivity contribution < 1.29 is 9.53 Å². The molecule has 3 aromatic carbocycles. The second-order valence-corrected chi connectivity index (χ2v) is 7.20. The van der Waals surface area contributed by atoms with Crippen molar-refractivity contribution in [3.05, 3.63) is 90.5 Å². The van der Waals surface area contributed by atoms with E-state index in [1.807, 2.05) is 74.5 Å². The van der Waals surface area contributed by atoms with Crippen molar-refractivity contribution in [3.63, 3.8) is 0 Å². The molecule has 0 atom stereocenters. The third-order valence-corrected chi connectivity index (χ3v) is 6.08. The van der Waals surface area contributed by atoms with Gasteiger partial charge in [0.15, 0.2) is 0 Å². The van der Waals surface area contributed by atoms with Gasteiger partial charge in [-0.25, -0.2) is 4.79 Å². The number of hydrogen-bond acceptors (Lipinski definition) is 2. The molecule has 3 rings (SSSR count). The highest BCUT2D eigenvalue weighted by Crippen LogP contribution is 2.34. The Morgan fingerprint density at radius 3 is 1.64 bits per heavy atom. The Bertz CT molecular complexity index is 746. The number of benzene rings is 3. The first-order valence-corrected chi connectivity index (χ1v) is 9.73. The summed E-state index contributed by atoms with van der Waals surface area (Å²) in [6, 6.07) is 28.3. The van der Waals surface area contributed by atoms with Crippen molar-refractivity contribution in [2.24, 2.45) is 0 Å². The zero-order valence-corrected chi connectivity index (χ0v) is 15.7. The Balaban J connectivity index is 0.00000109. The second-order valence-electron chi connectivity index (χ2n) is 5.02. The molecular weight excluding hydrogens is 327 g/mol. The molecule has 0 saturated heterocycles. The smallest absolute Gasteiger partial charge is 0.338 e. The Morgan fingerprint density at radius 2 is 1.16 bits per heavy atom. The van der Waals surface area contributed by atoms with Gasteiger partial charge in [-0.2, -0.15) is 0 Å². The van der Waals surface area contributed by atoms with Gasteiger partial charge in [0.1, 0.15) is 0 Å². The zero-order valence-electron chi connectivity index (χ0n) is 14.8. The van der Waals surface area contributed by atoms with Crippen LogP contribution < -0.4 is 15.9 Å². The molecule has 0 fully saturated rings. The number of methoxy groups -OCH3 is 1. The number of carbonyl (C=O) groups excluding carboxylic acids is 1. The SMILES string of the molecule is CC.COC(=O)c1ccccc1P(c1ccccc1)c1ccccc1. The zero-order chi connectivity index (χ0) is 18.1. The van der Waals surface area contributed by atoms with Gasteiger partial charge in [0, 0.05) is 0 Å². The second kappa shape index (κ2) is 9.76. The van der Waals surface area contributed by atoms with Crippen LogP contribution in [-0.4, -0.2) is 13.1 Å². The molecule has 0 spiro atoms. The highest BCUT2D eigenvalue weighted by molar-refractivity contribution is 7.80. The quantitative estimate of drug-likeness (QED) is 0.519. The molecule has 0 saturated carbocycles. The van der Waals surface area contributed by atoms with Gasteiger partial charge in [-0.1, -0.05) is 92.7 Å². The predicted octanol–water partition coefficient (Wildman–Crippen LogP) is 4.26. The van der Waals surface area contributed by atoms with E-state index in [1.54, 1.807) is 0 Å². The molecule has 0 bridgehead atoms. The standard InChI is InChI=1S/C20H17O2P.C2H6/c1-22-20(21)18-14-8-9-15-19(18)23(16-10-4-2-5-11-16)17-12-6-3-7-13-17;1-2/h2-15H,1H3;1-2H3. The summed E-state index contributed by atoms with van der Waals surface area (Å²) in [5, 5.41) is 3.45. The van der Waals surface area contributed by atoms with Gasteiger partial charge in [0.05, 0.1) is 12.7 Å². The number of esters is 1. The van der Waals surface area contributed by atoms with Crippen molar-refractivity contribution in [1.29, 1.82) is 0 Å². The Kier molecular flexibility index (Phi) is 7.37. The molecule has 0 aromatic heterocycles. The summed E-state index contributed by atoms with van der Waals surface area (Å²) in [5.74, 6) is -0.292. The van der Waals surface area contributed by atoms with Gasteiger partial charge in [0.2, 0.25) is 0 Å². The molecule has 2 nitrogen and oxygen atoms in total. The highest BCUT2D eigenvalue weighted by Gasteiger charge is 2.22. The van der Waals surface area contributed by atoms with E-state index in [9.17, 15) is 4.79 Å². The number of hydrogen-bond donors (Lipinski definition) is 0. The van der Waals surface area contributed by atoms with Crippen LogP contribution in [0.1, 0.15) is 24.2 Å². The van der Waals surface area contributed by atoms with E-state index in [0.29, 0.717) is 5.56 Å². The largest absolute Gasteiger partial charge is 0.465 e. The summed E-state index contributed by atoms with van der Waals surface area (Å²) in [7, 11) is 0.617. The summed E-state index contributed by atoms with van der Waals surface area (Å²) >= 11 is 0. The summed E-state index contributed by atoms with van der Waals surface area (Å²) < 4.78 is 4.97. The lowest BCUT2D eigenvalue weighted by atomic mass is 10.2. The van der Waals surface area contributed by atoms with Gasteiger partial charge >= 0.3 is 5.97 Å². The molecule has 0 aliphatic rings. The van der Waals surface area contributed by atoms with E-state index in [-0.39, 0.29) is 5.97 Å². The molecule has 0 unspecified atom stereocenters. The molecule has 25 heavy (non-hydrogen) atoms. The van der Waals surface area contributed by atoms with Gasteiger partial charge in [0.25, 0.3) is 0 Å². The minimum absolute atomic E-state index is 0.292. The highest BCUT2D eigenvalue weighted by atomic mass is 31.1. The van der Waals surface area contributed by atoms with Gasteiger partial charge in [-0.05, 0) is 29.9 Å². The fraction of sp³-hybridized carbons (Fsp3) is 0.136. The van der Waals surface area contributed by atoms with Crippen LogP contribution in [0.4, 0.5) is 0 Å². The number of ether oxygens (including phenoxy) is 1. The van der Waals surface area contributed by atoms with E-state index < -0.39 is 7.92 Å². The third kappa shape index (κ3) is 4.55. The topological polar surface area (TPSA) is 26.3 Å². The maximum atomic E-state index is 12.2. The van der Waals surface area contributed by atoms with Crippen LogP contribution in [0.2, 0.25) is 0 Å². The average Bonchev–Trinajstić information content (AvgIpc) is 2.71. The van der Waals surface area contributed by atoms with Crippen molar-refractivity contribution in [3.8, 4) is 0 Å². The van der Waals surface area contributed by atoms with E-state index in [1.165, 1.54) is 17.7 Å². The van der Waals surface area contributed by atoms with Crippen molar-refractivity contribution in [1.82, 2.24) is 0 Å². The minimum Gasteiger partial charge on any atom is -0.465 e. The first kappa shape index (κ1) is 18.9. The van der Waals surface area contributed by atoms with Crippen molar-refractivity contribution in [2.75, 3.05) is 7.11 Å². The van der Waals surface area contributed by atoms with E-state index in [4.69, 9.17) is 4.74 Å². The monoisotopic (exact) mass is 350 g/mol. The van der Waals surface area contributed by atoms with E-state index in [2.05, 4.69) is 24.3 Å². The molecule has 3 aromatic rings. The molecule has 0 amide bonds. The normalized spacial score (nSPS) is 9.92. The van der Waals surface area contributed by atoms with Gasteiger partial charge in [-0.15, -0.1) is 0 Å². The fourth-order valence-corrected chi connectivity index (χ4v) is 4.97. The van der Waals surface area contributed by atoms with Crippen LogP contribution in [0.3, 0.4) is 0 Å². The Hall–Kier alpha value is -2.44. The molecule has 0 N–H and O–H groups in total.